The molecule has 1 saturated heterocycles. The fourth-order valence-electron chi connectivity index (χ4n) is 3.66. The van der Waals surface area contributed by atoms with E-state index in [0.717, 1.165) is 12.1 Å². The highest BCUT2D eigenvalue weighted by atomic mass is 32.2. The smallest absolute Gasteiger partial charge is 0.378 e. The van der Waals surface area contributed by atoms with Crippen molar-refractivity contribution < 1.29 is 31.2 Å². The van der Waals surface area contributed by atoms with Crippen molar-refractivity contribution in [1.82, 2.24) is 14.8 Å². The van der Waals surface area contributed by atoms with E-state index in [2.05, 4.69) is 10.5 Å². The minimum Gasteiger partial charge on any atom is -0.378 e. The summed E-state index contributed by atoms with van der Waals surface area (Å²) >= 11 is 0. The summed E-state index contributed by atoms with van der Waals surface area (Å²) in [5.41, 5.74) is 3.01. The number of halogens is 3. The Hall–Kier alpha value is -2.67. The number of benzene rings is 1. The molecule has 0 bridgehead atoms. The number of anilines is 1. The molecular formula is C22H25F3N4O4S. The second kappa shape index (κ2) is 10.3. The van der Waals surface area contributed by atoms with Gasteiger partial charge in [-0.3, -0.25) is 10.3 Å². The first-order chi connectivity index (χ1) is 16.2. The molecule has 3 heterocycles. The number of morpholine rings is 1. The standard InChI is InChI=1S/C22H25F3N4O4S/c23-22(24,25)18-3-1-2-17(14-18)16-33-27-19-6-8-29(9-7-19)34(30,31)20-4-5-21(26-15-20)28-10-12-32-13-11-28/h1-6,14-15,27H,7-13,16H2. The average Bonchev–Trinajstić information content (AvgIpc) is 2.85. The second-order valence-corrected chi connectivity index (χ2v) is 9.82. The number of hydroxylamine groups is 1. The molecule has 0 radical (unpaired) electrons. The fourth-order valence-corrected chi connectivity index (χ4v) is 4.99. The van der Waals surface area contributed by atoms with Crippen LogP contribution in [0, 0.1) is 0 Å². The average molecular weight is 499 g/mol. The maximum Gasteiger partial charge on any atom is 0.416 e. The van der Waals surface area contributed by atoms with E-state index in [0.29, 0.717) is 49.8 Å². The van der Waals surface area contributed by atoms with Crippen molar-refractivity contribution in [3.05, 3.63) is 65.5 Å². The van der Waals surface area contributed by atoms with Gasteiger partial charge >= 0.3 is 6.18 Å². The van der Waals surface area contributed by atoms with Gasteiger partial charge in [-0.2, -0.15) is 17.5 Å². The van der Waals surface area contributed by atoms with E-state index in [1.54, 1.807) is 24.3 Å². The number of nitrogens with one attached hydrogen (secondary N) is 1. The third kappa shape index (κ3) is 5.87. The molecule has 1 N–H and O–H groups in total. The number of alkyl halides is 3. The van der Waals surface area contributed by atoms with Gasteiger partial charge in [0.05, 0.1) is 25.4 Å². The predicted octanol–water partition coefficient (Wildman–Crippen LogP) is 2.94. The maximum absolute atomic E-state index is 13.0. The Bertz CT molecular complexity index is 1120. The second-order valence-electron chi connectivity index (χ2n) is 7.88. The van der Waals surface area contributed by atoms with Gasteiger partial charge in [0.1, 0.15) is 10.7 Å². The predicted molar refractivity (Wildman–Crippen MR) is 118 cm³/mol. The summed E-state index contributed by atoms with van der Waals surface area (Å²) in [7, 11) is -3.71. The number of pyridine rings is 1. The van der Waals surface area contributed by atoms with Crippen molar-refractivity contribution in [2.75, 3.05) is 44.3 Å². The van der Waals surface area contributed by atoms with Crippen LogP contribution in [0.5, 0.6) is 0 Å². The molecule has 8 nitrogen and oxygen atoms in total. The first kappa shape index (κ1) is 24.5. The quantitative estimate of drug-likeness (QED) is 0.588. The Kier molecular flexibility index (Phi) is 7.41. The van der Waals surface area contributed by atoms with E-state index in [1.807, 2.05) is 4.90 Å². The molecule has 1 aromatic carbocycles. The molecule has 0 spiro atoms. The molecule has 0 aliphatic carbocycles. The number of nitrogens with zero attached hydrogens (tertiary/aromatic N) is 3. The Morgan fingerprint density at radius 2 is 1.91 bits per heavy atom. The van der Waals surface area contributed by atoms with E-state index in [4.69, 9.17) is 9.57 Å². The lowest BCUT2D eigenvalue weighted by atomic mass is 10.1. The number of rotatable bonds is 7. The van der Waals surface area contributed by atoms with Crippen LogP contribution in [0.1, 0.15) is 17.5 Å². The summed E-state index contributed by atoms with van der Waals surface area (Å²) in [6.45, 7) is 2.96. The normalized spacial score (nSPS) is 18.0. The third-order valence-electron chi connectivity index (χ3n) is 5.56. The van der Waals surface area contributed by atoms with Crippen molar-refractivity contribution in [3.8, 4) is 0 Å². The Balaban J connectivity index is 1.30. The first-order valence-electron chi connectivity index (χ1n) is 10.8. The summed E-state index contributed by atoms with van der Waals surface area (Å²) in [5, 5.41) is 0. The zero-order valence-corrected chi connectivity index (χ0v) is 19.1. The SMILES string of the molecule is O=S(=O)(c1ccc(N2CCOCC2)nc1)N1CC=C(NOCc2cccc(C(F)(F)F)c2)CC1. The molecule has 0 unspecified atom stereocenters. The highest BCUT2D eigenvalue weighted by Crippen LogP contribution is 2.29. The molecule has 2 aliphatic rings. The van der Waals surface area contributed by atoms with E-state index in [9.17, 15) is 21.6 Å². The minimum atomic E-state index is -4.41. The highest BCUT2D eigenvalue weighted by molar-refractivity contribution is 7.89. The Morgan fingerprint density at radius 1 is 1.12 bits per heavy atom. The van der Waals surface area contributed by atoms with Crippen LogP contribution in [0.25, 0.3) is 0 Å². The molecular weight excluding hydrogens is 473 g/mol. The van der Waals surface area contributed by atoms with Crippen LogP contribution in [0.2, 0.25) is 0 Å². The van der Waals surface area contributed by atoms with Gasteiger partial charge in [0.2, 0.25) is 10.0 Å². The molecule has 0 amide bonds. The molecule has 2 aliphatic heterocycles. The van der Waals surface area contributed by atoms with Crippen molar-refractivity contribution >= 4 is 15.8 Å². The van der Waals surface area contributed by atoms with Crippen molar-refractivity contribution in [1.29, 1.82) is 0 Å². The molecule has 0 saturated carbocycles. The number of aromatic nitrogens is 1. The van der Waals surface area contributed by atoms with Gasteiger partial charge in [-0.25, -0.2) is 13.4 Å². The number of ether oxygens (including phenoxy) is 1. The van der Waals surface area contributed by atoms with Crippen molar-refractivity contribution in [2.24, 2.45) is 0 Å². The van der Waals surface area contributed by atoms with Gasteiger partial charge in [-0.15, -0.1) is 0 Å². The zero-order valence-electron chi connectivity index (χ0n) is 18.3. The van der Waals surface area contributed by atoms with Crippen LogP contribution in [0.4, 0.5) is 19.0 Å². The molecule has 12 heteroatoms. The topological polar surface area (TPSA) is 84.0 Å². The molecule has 1 fully saturated rings. The van der Waals surface area contributed by atoms with E-state index >= 15 is 0 Å². The summed E-state index contributed by atoms with van der Waals surface area (Å²) < 4.78 is 71.0. The number of hydrogen-bond donors (Lipinski definition) is 1. The van der Waals surface area contributed by atoms with Crippen LogP contribution in [-0.2, 0) is 32.4 Å². The van der Waals surface area contributed by atoms with E-state index in [-0.39, 0.29) is 24.6 Å². The molecule has 1 aromatic heterocycles. The maximum atomic E-state index is 13.0. The summed E-state index contributed by atoms with van der Waals surface area (Å²) in [5.74, 6) is 0.713. The molecule has 4 rings (SSSR count). The lowest BCUT2D eigenvalue weighted by molar-refractivity contribution is -0.137. The summed E-state index contributed by atoms with van der Waals surface area (Å²) in [4.78, 5) is 11.8. The third-order valence-corrected chi connectivity index (χ3v) is 7.41. The largest absolute Gasteiger partial charge is 0.416 e. The molecule has 184 valence electrons. The molecule has 0 atom stereocenters. The number of hydrogen-bond acceptors (Lipinski definition) is 7. The summed E-state index contributed by atoms with van der Waals surface area (Å²) in [6.07, 6.45) is -0.984. The van der Waals surface area contributed by atoms with Gasteiger partial charge in [-0.05, 0) is 35.9 Å². The number of sulfonamides is 1. The lowest BCUT2D eigenvalue weighted by Crippen LogP contribution is -2.37. The minimum absolute atomic E-state index is 0.0650. The Labute approximate surface area is 196 Å². The van der Waals surface area contributed by atoms with E-state index < -0.39 is 21.8 Å². The summed E-state index contributed by atoms with van der Waals surface area (Å²) in [6, 6.07) is 8.16. The van der Waals surface area contributed by atoms with Crippen LogP contribution in [0.3, 0.4) is 0 Å². The van der Waals surface area contributed by atoms with Crippen LogP contribution in [-0.4, -0.2) is 57.1 Å². The fraction of sp³-hybridized carbons (Fsp3) is 0.409. The molecule has 2 aromatic rings. The Morgan fingerprint density at radius 3 is 2.56 bits per heavy atom. The van der Waals surface area contributed by atoms with Gasteiger partial charge in [-0.1, -0.05) is 12.1 Å². The molecule has 34 heavy (non-hydrogen) atoms. The zero-order chi connectivity index (χ0) is 24.2. The van der Waals surface area contributed by atoms with Gasteiger partial charge in [0.25, 0.3) is 0 Å². The van der Waals surface area contributed by atoms with E-state index in [1.165, 1.54) is 16.6 Å². The van der Waals surface area contributed by atoms with Gasteiger partial charge < -0.3 is 9.64 Å². The van der Waals surface area contributed by atoms with Gasteiger partial charge in [0, 0.05) is 44.5 Å². The van der Waals surface area contributed by atoms with Gasteiger partial charge in [0.15, 0.2) is 0 Å². The van der Waals surface area contributed by atoms with Crippen molar-refractivity contribution in [2.45, 2.75) is 24.1 Å². The van der Waals surface area contributed by atoms with Crippen LogP contribution >= 0.6 is 0 Å². The highest BCUT2D eigenvalue weighted by Gasteiger charge is 2.30. The van der Waals surface area contributed by atoms with Crippen LogP contribution in [0.15, 0.2) is 59.3 Å². The van der Waals surface area contributed by atoms with Crippen LogP contribution < -0.4 is 10.4 Å². The first-order valence-corrected chi connectivity index (χ1v) is 12.2. The lowest BCUT2D eigenvalue weighted by Gasteiger charge is -2.28. The van der Waals surface area contributed by atoms with Crippen molar-refractivity contribution in [3.63, 3.8) is 0 Å². The monoisotopic (exact) mass is 498 g/mol.